The lowest BCUT2D eigenvalue weighted by molar-refractivity contribution is 0.380. The van der Waals surface area contributed by atoms with Gasteiger partial charge in [0.05, 0.1) is 12.2 Å². The van der Waals surface area contributed by atoms with Crippen LogP contribution in [-0.2, 0) is 6.54 Å². The highest BCUT2D eigenvalue weighted by atomic mass is 19.1. The first-order valence-corrected chi connectivity index (χ1v) is 9.08. The third-order valence-corrected chi connectivity index (χ3v) is 4.86. The molecule has 1 aliphatic heterocycles. The van der Waals surface area contributed by atoms with Crippen LogP contribution in [0.25, 0.3) is 5.65 Å². The number of aliphatic imine (C=N–C) groups is 1. The second kappa shape index (κ2) is 7.26. The predicted octanol–water partition coefficient (Wildman–Crippen LogP) is 2.42. The van der Waals surface area contributed by atoms with Crippen LogP contribution in [0.2, 0.25) is 0 Å². The smallest absolute Gasteiger partial charge is 0.191 e. The van der Waals surface area contributed by atoms with Crippen molar-refractivity contribution >= 4 is 17.3 Å². The molecule has 0 unspecified atom stereocenters. The fourth-order valence-corrected chi connectivity index (χ4v) is 3.32. The summed E-state index contributed by atoms with van der Waals surface area (Å²) >= 11 is 0. The van der Waals surface area contributed by atoms with E-state index >= 15 is 0 Å². The Balaban J connectivity index is 1.36. The van der Waals surface area contributed by atoms with E-state index in [0.717, 1.165) is 43.2 Å². The maximum atomic E-state index is 13.1. The lowest BCUT2D eigenvalue weighted by Crippen LogP contribution is -2.51. The first-order chi connectivity index (χ1) is 13.1. The molecule has 0 amide bonds. The average Bonchev–Trinajstić information content (AvgIpc) is 3.09. The van der Waals surface area contributed by atoms with E-state index in [1.807, 2.05) is 35.0 Å². The van der Waals surface area contributed by atoms with Gasteiger partial charge >= 0.3 is 0 Å². The molecule has 0 radical (unpaired) electrons. The van der Waals surface area contributed by atoms with Gasteiger partial charge in [0.1, 0.15) is 11.5 Å². The van der Waals surface area contributed by atoms with Gasteiger partial charge in [0.2, 0.25) is 0 Å². The van der Waals surface area contributed by atoms with E-state index in [0.29, 0.717) is 12.5 Å². The molecule has 0 spiro atoms. The Morgan fingerprint density at radius 1 is 1.15 bits per heavy atom. The Morgan fingerprint density at radius 2 is 1.89 bits per heavy atom. The van der Waals surface area contributed by atoms with E-state index in [1.165, 1.54) is 17.7 Å². The van der Waals surface area contributed by atoms with Crippen molar-refractivity contribution in [1.29, 1.82) is 0 Å². The zero-order chi connectivity index (χ0) is 18.8. The molecule has 27 heavy (non-hydrogen) atoms. The number of piperazine rings is 1. The molecule has 1 aliphatic rings. The molecule has 1 aromatic carbocycles. The molecule has 7 heteroatoms. The summed E-state index contributed by atoms with van der Waals surface area (Å²) < 4.78 is 15.1. The van der Waals surface area contributed by atoms with Crippen LogP contribution in [0.15, 0.2) is 53.8 Å². The molecular weight excluding hydrogens is 343 g/mol. The molecule has 0 atom stereocenters. The number of rotatable bonds is 3. The molecule has 4 rings (SSSR count). The van der Waals surface area contributed by atoms with E-state index in [2.05, 4.69) is 32.8 Å². The summed E-state index contributed by atoms with van der Waals surface area (Å²) in [6, 6.07) is 10.7. The third kappa shape index (κ3) is 3.86. The van der Waals surface area contributed by atoms with Crippen LogP contribution in [0, 0.1) is 12.7 Å². The number of benzene rings is 1. The predicted molar refractivity (Wildman–Crippen MR) is 105 cm³/mol. The molecule has 1 saturated heterocycles. The first kappa shape index (κ1) is 17.3. The van der Waals surface area contributed by atoms with Gasteiger partial charge in [0.25, 0.3) is 0 Å². The van der Waals surface area contributed by atoms with E-state index in [-0.39, 0.29) is 5.82 Å². The monoisotopic (exact) mass is 366 g/mol. The number of hydrogen-bond acceptors (Lipinski definition) is 3. The SMILES string of the molecule is Cc1ccn2cc(CN=C(N)N3CCN(c4ccc(F)cc4)CC3)nc2c1. The minimum absolute atomic E-state index is 0.212. The number of aryl methyl sites for hydroxylation is 1. The second-order valence-electron chi connectivity index (χ2n) is 6.83. The van der Waals surface area contributed by atoms with Crippen molar-refractivity contribution in [2.24, 2.45) is 10.7 Å². The number of fused-ring (bicyclic) bond motifs is 1. The lowest BCUT2D eigenvalue weighted by Gasteiger charge is -2.36. The Hall–Kier alpha value is -3.09. The summed E-state index contributed by atoms with van der Waals surface area (Å²) in [5.41, 5.74) is 10.2. The number of nitrogens with two attached hydrogens (primary N) is 1. The van der Waals surface area contributed by atoms with Crippen molar-refractivity contribution in [3.05, 3.63) is 65.9 Å². The van der Waals surface area contributed by atoms with Crippen LogP contribution < -0.4 is 10.6 Å². The van der Waals surface area contributed by atoms with Crippen LogP contribution in [0.5, 0.6) is 0 Å². The fourth-order valence-electron chi connectivity index (χ4n) is 3.32. The molecule has 2 N–H and O–H groups in total. The van der Waals surface area contributed by atoms with Gasteiger partial charge in [-0.3, -0.25) is 0 Å². The van der Waals surface area contributed by atoms with Crippen LogP contribution in [0.1, 0.15) is 11.3 Å². The number of imidazole rings is 1. The fraction of sp³-hybridized carbons (Fsp3) is 0.300. The molecule has 0 bridgehead atoms. The molecule has 6 nitrogen and oxygen atoms in total. The van der Waals surface area contributed by atoms with Crippen molar-refractivity contribution in [2.75, 3.05) is 31.1 Å². The zero-order valence-corrected chi connectivity index (χ0v) is 15.3. The molecule has 3 aromatic rings. The number of guanidine groups is 1. The number of halogens is 1. The van der Waals surface area contributed by atoms with E-state index in [9.17, 15) is 4.39 Å². The van der Waals surface area contributed by atoms with Crippen molar-refractivity contribution in [3.8, 4) is 0 Å². The molecule has 3 heterocycles. The number of nitrogens with zero attached hydrogens (tertiary/aromatic N) is 5. The largest absolute Gasteiger partial charge is 0.370 e. The summed E-state index contributed by atoms with van der Waals surface area (Å²) in [6.07, 6.45) is 3.99. The summed E-state index contributed by atoms with van der Waals surface area (Å²) in [7, 11) is 0. The minimum atomic E-state index is -0.212. The van der Waals surface area contributed by atoms with E-state index < -0.39 is 0 Å². The highest BCUT2D eigenvalue weighted by Crippen LogP contribution is 2.17. The van der Waals surface area contributed by atoms with Crippen LogP contribution in [0.4, 0.5) is 10.1 Å². The van der Waals surface area contributed by atoms with Crippen molar-refractivity contribution in [1.82, 2.24) is 14.3 Å². The highest BCUT2D eigenvalue weighted by molar-refractivity contribution is 5.78. The quantitative estimate of drug-likeness (QED) is 0.571. The first-order valence-electron chi connectivity index (χ1n) is 9.08. The standard InChI is InChI=1S/C20H23FN6/c1-15-6-7-27-14-17(24-19(27)12-15)13-23-20(22)26-10-8-25(9-11-26)18-4-2-16(21)3-5-18/h2-7,12,14H,8-11,13H2,1H3,(H2,22,23). The molecule has 0 aliphatic carbocycles. The second-order valence-corrected chi connectivity index (χ2v) is 6.83. The van der Waals surface area contributed by atoms with Gasteiger partial charge in [-0.25, -0.2) is 14.4 Å². The topological polar surface area (TPSA) is 62.2 Å². The van der Waals surface area contributed by atoms with Gasteiger partial charge in [-0.15, -0.1) is 0 Å². The van der Waals surface area contributed by atoms with Gasteiger partial charge in [0.15, 0.2) is 5.96 Å². The summed E-state index contributed by atoms with van der Waals surface area (Å²) in [5, 5.41) is 0. The third-order valence-electron chi connectivity index (χ3n) is 4.86. The average molecular weight is 366 g/mol. The van der Waals surface area contributed by atoms with Crippen molar-refractivity contribution in [2.45, 2.75) is 13.5 Å². The van der Waals surface area contributed by atoms with Crippen LogP contribution >= 0.6 is 0 Å². The van der Waals surface area contributed by atoms with E-state index in [4.69, 9.17) is 5.73 Å². The van der Waals surface area contributed by atoms with Gasteiger partial charge in [0, 0.05) is 44.3 Å². The Labute approximate surface area is 157 Å². The number of anilines is 1. The van der Waals surface area contributed by atoms with Gasteiger partial charge < -0.3 is 19.9 Å². The highest BCUT2D eigenvalue weighted by Gasteiger charge is 2.18. The Kier molecular flexibility index (Phi) is 4.66. The Bertz CT molecular complexity index is 954. The summed E-state index contributed by atoms with van der Waals surface area (Å²) in [5.74, 6) is 0.331. The van der Waals surface area contributed by atoms with Crippen LogP contribution in [0.3, 0.4) is 0 Å². The molecule has 2 aromatic heterocycles. The van der Waals surface area contributed by atoms with Gasteiger partial charge in [-0.1, -0.05) is 0 Å². The van der Waals surface area contributed by atoms with Gasteiger partial charge in [-0.2, -0.15) is 0 Å². The normalized spacial score (nSPS) is 15.6. The number of hydrogen-bond donors (Lipinski definition) is 1. The molecule has 1 fully saturated rings. The minimum Gasteiger partial charge on any atom is -0.370 e. The number of aromatic nitrogens is 2. The van der Waals surface area contributed by atoms with Crippen molar-refractivity contribution in [3.63, 3.8) is 0 Å². The molecule has 140 valence electrons. The maximum Gasteiger partial charge on any atom is 0.191 e. The van der Waals surface area contributed by atoms with E-state index in [1.54, 1.807) is 0 Å². The molecular formula is C20H23FN6. The number of pyridine rings is 1. The summed E-state index contributed by atoms with van der Waals surface area (Å²) in [4.78, 5) is 13.4. The zero-order valence-electron chi connectivity index (χ0n) is 15.3. The summed E-state index contributed by atoms with van der Waals surface area (Å²) in [6.45, 7) is 5.75. The molecule has 0 saturated carbocycles. The lowest BCUT2D eigenvalue weighted by atomic mass is 10.2. The van der Waals surface area contributed by atoms with Crippen LogP contribution in [-0.4, -0.2) is 46.4 Å². The van der Waals surface area contributed by atoms with Crippen molar-refractivity contribution < 1.29 is 4.39 Å². The Morgan fingerprint density at radius 3 is 2.63 bits per heavy atom. The van der Waals surface area contributed by atoms with Gasteiger partial charge in [-0.05, 0) is 48.9 Å². The maximum absolute atomic E-state index is 13.1.